The molecular formula is C13H7ClFNOS. The van der Waals surface area contributed by atoms with Crippen molar-refractivity contribution >= 4 is 33.0 Å². The average molecular weight is 280 g/mol. The van der Waals surface area contributed by atoms with Crippen LogP contribution in [0.25, 0.3) is 21.2 Å². The van der Waals surface area contributed by atoms with E-state index in [1.807, 2.05) is 11.4 Å². The van der Waals surface area contributed by atoms with Gasteiger partial charge in [0.2, 0.25) is 0 Å². The number of nitrogens with one attached hydrogen (secondary N) is 1. The summed E-state index contributed by atoms with van der Waals surface area (Å²) in [6.07, 6.45) is 1.61. The lowest BCUT2D eigenvalue weighted by molar-refractivity contribution is 0.628. The molecule has 1 aromatic carbocycles. The topological polar surface area (TPSA) is 32.9 Å². The molecular weight excluding hydrogens is 273 g/mol. The van der Waals surface area contributed by atoms with Crippen LogP contribution in [0.3, 0.4) is 0 Å². The third-order valence-corrected chi connectivity index (χ3v) is 3.96. The van der Waals surface area contributed by atoms with Crippen molar-refractivity contribution < 1.29 is 4.39 Å². The van der Waals surface area contributed by atoms with Gasteiger partial charge in [0.05, 0.1) is 10.4 Å². The molecule has 3 aromatic rings. The third kappa shape index (κ3) is 1.74. The summed E-state index contributed by atoms with van der Waals surface area (Å²) >= 11 is 7.24. The number of aromatic amines is 1. The van der Waals surface area contributed by atoms with Crippen LogP contribution in [0.1, 0.15) is 0 Å². The summed E-state index contributed by atoms with van der Waals surface area (Å²) in [5.74, 6) is -0.464. The molecule has 2 aromatic heterocycles. The molecule has 18 heavy (non-hydrogen) atoms. The zero-order chi connectivity index (χ0) is 12.7. The lowest BCUT2D eigenvalue weighted by Crippen LogP contribution is -2.03. The van der Waals surface area contributed by atoms with Gasteiger partial charge in [-0.15, -0.1) is 11.3 Å². The van der Waals surface area contributed by atoms with E-state index in [9.17, 15) is 9.18 Å². The van der Waals surface area contributed by atoms with Crippen LogP contribution in [0.4, 0.5) is 4.39 Å². The number of H-pyrrole nitrogens is 1. The van der Waals surface area contributed by atoms with Gasteiger partial charge >= 0.3 is 0 Å². The smallest absolute Gasteiger partial charge is 0.257 e. The van der Waals surface area contributed by atoms with Gasteiger partial charge in [0, 0.05) is 21.8 Å². The van der Waals surface area contributed by atoms with Crippen molar-refractivity contribution in [2.24, 2.45) is 0 Å². The molecule has 0 atom stereocenters. The second kappa shape index (κ2) is 4.23. The van der Waals surface area contributed by atoms with Crippen molar-refractivity contribution in [3.8, 4) is 11.1 Å². The van der Waals surface area contributed by atoms with Crippen LogP contribution in [0, 0.1) is 5.82 Å². The Kier molecular flexibility index (Phi) is 2.69. The van der Waals surface area contributed by atoms with E-state index in [1.165, 1.54) is 23.5 Å². The lowest BCUT2D eigenvalue weighted by atomic mass is 10.1. The predicted octanol–water partition coefficient (Wildman–Crippen LogP) is 4.05. The lowest BCUT2D eigenvalue weighted by Gasteiger charge is -2.01. The first kappa shape index (κ1) is 11.4. The Balaban J connectivity index is 2.32. The summed E-state index contributed by atoms with van der Waals surface area (Å²) in [5, 5.41) is 2.55. The number of benzene rings is 1. The zero-order valence-electron chi connectivity index (χ0n) is 9.04. The van der Waals surface area contributed by atoms with Gasteiger partial charge < -0.3 is 4.98 Å². The summed E-state index contributed by atoms with van der Waals surface area (Å²) < 4.78 is 14.0. The number of hydrogen-bond acceptors (Lipinski definition) is 2. The molecule has 0 spiro atoms. The second-order valence-electron chi connectivity index (χ2n) is 3.82. The van der Waals surface area contributed by atoms with Crippen LogP contribution in [0.2, 0.25) is 5.02 Å². The second-order valence-corrected chi connectivity index (χ2v) is 5.14. The van der Waals surface area contributed by atoms with Gasteiger partial charge in [-0.3, -0.25) is 4.79 Å². The molecule has 0 aliphatic rings. The number of pyridine rings is 1. The van der Waals surface area contributed by atoms with E-state index in [-0.39, 0.29) is 10.6 Å². The van der Waals surface area contributed by atoms with Crippen molar-refractivity contribution in [3.63, 3.8) is 0 Å². The molecule has 5 heteroatoms. The number of fused-ring (bicyclic) bond motifs is 1. The molecule has 2 nitrogen and oxygen atoms in total. The molecule has 0 amide bonds. The molecule has 0 saturated carbocycles. The molecule has 0 unspecified atom stereocenters. The number of aromatic nitrogens is 1. The first-order valence-electron chi connectivity index (χ1n) is 5.21. The Morgan fingerprint density at radius 2 is 2.11 bits per heavy atom. The Morgan fingerprint density at radius 3 is 2.89 bits per heavy atom. The van der Waals surface area contributed by atoms with Crippen LogP contribution >= 0.6 is 22.9 Å². The molecule has 1 N–H and O–H groups in total. The van der Waals surface area contributed by atoms with Gasteiger partial charge in [-0.1, -0.05) is 17.7 Å². The standard InChI is InChI=1S/C13H7ClFNOS/c14-9-5-7(1-2-10(9)15)8-6-18-11-3-4-16-13(17)12(8)11/h1-6H,(H,16,17). The van der Waals surface area contributed by atoms with E-state index >= 15 is 0 Å². The molecule has 0 fully saturated rings. The predicted molar refractivity (Wildman–Crippen MR) is 72.8 cm³/mol. The maximum absolute atomic E-state index is 13.1. The average Bonchev–Trinajstić information content (AvgIpc) is 2.78. The minimum Gasteiger partial charge on any atom is -0.328 e. The Morgan fingerprint density at radius 1 is 1.28 bits per heavy atom. The first-order chi connectivity index (χ1) is 8.66. The largest absolute Gasteiger partial charge is 0.328 e. The number of thiophene rings is 1. The molecule has 0 radical (unpaired) electrons. The highest BCUT2D eigenvalue weighted by molar-refractivity contribution is 7.17. The molecule has 0 aliphatic carbocycles. The fourth-order valence-corrected chi connectivity index (χ4v) is 3.02. The maximum atomic E-state index is 13.1. The van der Waals surface area contributed by atoms with Gasteiger partial charge in [0.25, 0.3) is 5.56 Å². The Hall–Kier alpha value is -1.65. The summed E-state index contributed by atoms with van der Waals surface area (Å²) in [6.45, 7) is 0. The highest BCUT2D eigenvalue weighted by Crippen LogP contribution is 2.33. The highest BCUT2D eigenvalue weighted by Gasteiger charge is 2.11. The molecule has 0 aliphatic heterocycles. The van der Waals surface area contributed by atoms with Crippen molar-refractivity contribution in [3.05, 3.63) is 57.0 Å². The monoisotopic (exact) mass is 279 g/mol. The molecule has 90 valence electrons. The molecule has 0 bridgehead atoms. The molecule has 2 heterocycles. The maximum Gasteiger partial charge on any atom is 0.257 e. The van der Waals surface area contributed by atoms with Crippen molar-refractivity contribution in [1.82, 2.24) is 4.98 Å². The van der Waals surface area contributed by atoms with Gasteiger partial charge in [0.1, 0.15) is 5.82 Å². The van der Waals surface area contributed by atoms with Gasteiger partial charge in [-0.25, -0.2) is 4.39 Å². The normalized spacial score (nSPS) is 11.0. The van der Waals surface area contributed by atoms with E-state index in [0.29, 0.717) is 5.39 Å². The molecule has 0 saturated heterocycles. The van der Waals surface area contributed by atoms with Crippen molar-refractivity contribution in [2.75, 3.05) is 0 Å². The fourth-order valence-electron chi connectivity index (χ4n) is 1.87. The van der Waals surface area contributed by atoms with E-state index in [1.54, 1.807) is 12.3 Å². The van der Waals surface area contributed by atoms with Crippen molar-refractivity contribution in [2.45, 2.75) is 0 Å². The SMILES string of the molecule is O=c1[nH]ccc2scc(-c3ccc(F)c(Cl)c3)c12. The summed E-state index contributed by atoms with van der Waals surface area (Å²) in [6, 6.07) is 6.30. The number of rotatable bonds is 1. The quantitative estimate of drug-likeness (QED) is 0.716. The number of hydrogen-bond donors (Lipinski definition) is 1. The van der Waals surface area contributed by atoms with Crippen LogP contribution in [0.5, 0.6) is 0 Å². The van der Waals surface area contributed by atoms with Crippen molar-refractivity contribution in [1.29, 1.82) is 0 Å². The van der Waals surface area contributed by atoms with E-state index in [0.717, 1.165) is 15.8 Å². The minimum absolute atomic E-state index is 0.0548. The zero-order valence-corrected chi connectivity index (χ0v) is 10.6. The van der Waals surface area contributed by atoms with E-state index in [4.69, 9.17) is 11.6 Å². The highest BCUT2D eigenvalue weighted by atomic mass is 35.5. The number of halogens is 2. The van der Waals surface area contributed by atoms with Crippen LogP contribution in [0.15, 0.2) is 40.6 Å². The van der Waals surface area contributed by atoms with Crippen LogP contribution in [-0.4, -0.2) is 4.98 Å². The van der Waals surface area contributed by atoms with E-state index in [2.05, 4.69) is 4.98 Å². The Labute approximate surface area is 111 Å². The van der Waals surface area contributed by atoms with Gasteiger partial charge in [-0.05, 0) is 23.8 Å². The minimum atomic E-state index is -0.464. The summed E-state index contributed by atoms with van der Waals surface area (Å²) in [7, 11) is 0. The Bertz CT molecular complexity index is 793. The fraction of sp³-hybridized carbons (Fsp3) is 0. The third-order valence-electron chi connectivity index (χ3n) is 2.73. The molecule has 3 rings (SSSR count). The summed E-state index contributed by atoms with van der Waals surface area (Å²) in [4.78, 5) is 14.5. The van der Waals surface area contributed by atoms with Gasteiger partial charge in [-0.2, -0.15) is 0 Å². The van der Waals surface area contributed by atoms with E-state index < -0.39 is 5.82 Å². The van der Waals surface area contributed by atoms with Crippen LogP contribution in [-0.2, 0) is 0 Å². The van der Waals surface area contributed by atoms with Crippen LogP contribution < -0.4 is 5.56 Å². The summed E-state index contributed by atoms with van der Waals surface area (Å²) in [5.41, 5.74) is 1.37. The van der Waals surface area contributed by atoms with Gasteiger partial charge in [0.15, 0.2) is 0 Å². The first-order valence-corrected chi connectivity index (χ1v) is 6.47.